The van der Waals surface area contributed by atoms with Crippen molar-refractivity contribution in [2.24, 2.45) is 0 Å². The van der Waals surface area contributed by atoms with Crippen molar-refractivity contribution in [2.45, 2.75) is 45.3 Å². The van der Waals surface area contributed by atoms with E-state index in [0.717, 1.165) is 17.0 Å². The number of ether oxygens (including phenoxy) is 1. The van der Waals surface area contributed by atoms with E-state index in [1.165, 1.54) is 11.3 Å². The Morgan fingerprint density at radius 3 is 2.53 bits per heavy atom. The average Bonchev–Trinajstić information content (AvgIpc) is 3.29. The Morgan fingerprint density at radius 2 is 1.83 bits per heavy atom. The van der Waals surface area contributed by atoms with Gasteiger partial charge in [-0.3, -0.25) is 14.9 Å². The molecule has 7 nitrogen and oxygen atoms in total. The Bertz CT molecular complexity index is 1190. The minimum Gasteiger partial charge on any atom is -0.444 e. The first kappa shape index (κ1) is 27.4. The summed E-state index contributed by atoms with van der Waals surface area (Å²) in [4.78, 5) is 42.8. The van der Waals surface area contributed by atoms with Crippen LogP contribution >= 0.6 is 23.1 Å². The maximum absolute atomic E-state index is 13.1. The van der Waals surface area contributed by atoms with E-state index >= 15 is 0 Å². The third kappa shape index (κ3) is 8.49. The van der Waals surface area contributed by atoms with E-state index in [1.54, 1.807) is 56.8 Å². The van der Waals surface area contributed by atoms with Crippen molar-refractivity contribution >= 4 is 46.6 Å². The molecule has 0 fully saturated rings. The normalized spacial score (nSPS) is 12.0. The molecular weight excluding hydrogens is 494 g/mol. The van der Waals surface area contributed by atoms with Crippen LogP contribution in [0.3, 0.4) is 0 Å². The largest absolute Gasteiger partial charge is 0.444 e. The topological polar surface area (TPSA) is 97.4 Å². The lowest BCUT2D eigenvalue weighted by Gasteiger charge is -2.20. The Labute approximate surface area is 220 Å². The van der Waals surface area contributed by atoms with Crippen LogP contribution in [0.1, 0.15) is 42.6 Å². The second-order valence-electron chi connectivity index (χ2n) is 9.15. The van der Waals surface area contributed by atoms with Crippen molar-refractivity contribution < 1.29 is 19.1 Å². The fourth-order valence-corrected chi connectivity index (χ4v) is 4.64. The summed E-state index contributed by atoms with van der Waals surface area (Å²) in [5, 5.41) is 8.17. The number of carbonyl (C=O) groups is 3. The molecule has 0 saturated carbocycles. The van der Waals surface area contributed by atoms with E-state index in [2.05, 4.69) is 15.6 Å². The number of nitrogens with one attached hydrogen (secondary N) is 2. The minimum atomic E-state index is -0.642. The quantitative estimate of drug-likeness (QED) is 0.346. The molecule has 0 aliphatic carbocycles. The molecule has 190 valence electrons. The van der Waals surface area contributed by atoms with Crippen LogP contribution in [-0.4, -0.2) is 46.4 Å². The van der Waals surface area contributed by atoms with Gasteiger partial charge in [-0.2, -0.15) is 11.8 Å². The third-order valence-corrected chi connectivity index (χ3v) is 6.51. The van der Waals surface area contributed by atoms with E-state index in [-0.39, 0.29) is 18.1 Å². The Kier molecular flexibility index (Phi) is 9.66. The number of Topliss-reactive ketones (excluding diaryl/α,β-unsaturated/α-hetero) is 1. The van der Waals surface area contributed by atoms with Gasteiger partial charge in [0.05, 0.1) is 18.2 Å². The van der Waals surface area contributed by atoms with Gasteiger partial charge in [0.2, 0.25) is 0 Å². The standard InChI is InChI=1S/C27H31N3O4S2/c1-27(2,3)34-26(33)28-20-12-8-11-19(15-20)25(32)30-21(13-14-35-4)23(31)16-24-29-22(17-36-24)18-9-6-5-7-10-18/h5-12,15,17,21H,13-14,16H2,1-4H3,(H,28,33)(H,30,32)/t21-/m0/s1. The molecule has 3 aromatic rings. The summed E-state index contributed by atoms with van der Waals surface area (Å²) in [5.41, 5.74) is 1.97. The highest BCUT2D eigenvalue weighted by Crippen LogP contribution is 2.22. The number of hydrogen-bond donors (Lipinski definition) is 2. The summed E-state index contributed by atoms with van der Waals surface area (Å²) in [6, 6.07) is 15.7. The van der Waals surface area contributed by atoms with Crippen molar-refractivity contribution in [1.29, 1.82) is 0 Å². The highest BCUT2D eigenvalue weighted by molar-refractivity contribution is 7.98. The minimum absolute atomic E-state index is 0.0885. The summed E-state index contributed by atoms with van der Waals surface area (Å²) in [5.74, 6) is 0.255. The van der Waals surface area contributed by atoms with Crippen LogP contribution in [-0.2, 0) is 16.0 Å². The number of anilines is 1. The summed E-state index contributed by atoms with van der Waals surface area (Å²) >= 11 is 3.05. The van der Waals surface area contributed by atoms with Crippen LogP contribution < -0.4 is 10.6 Å². The van der Waals surface area contributed by atoms with Gasteiger partial charge in [-0.1, -0.05) is 36.4 Å². The SMILES string of the molecule is CSCC[C@H](NC(=O)c1cccc(NC(=O)OC(C)(C)C)c1)C(=O)Cc1nc(-c2ccccc2)cs1. The lowest BCUT2D eigenvalue weighted by Crippen LogP contribution is -2.42. The number of ketones is 1. The van der Waals surface area contributed by atoms with Crippen molar-refractivity contribution in [1.82, 2.24) is 10.3 Å². The van der Waals surface area contributed by atoms with Crippen LogP contribution in [0.5, 0.6) is 0 Å². The van der Waals surface area contributed by atoms with Crippen molar-refractivity contribution in [3.8, 4) is 11.3 Å². The van der Waals surface area contributed by atoms with Gasteiger partial charge in [0.15, 0.2) is 5.78 Å². The number of amides is 2. The van der Waals surface area contributed by atoms with Crippen molar-refractivity contribution in [3.05, 3.63) is 70.5 Å². The van der Waals surface area contributed by atoms with Crippen LogP contribution in [0, 0.1) is 0 Å². The van der Waals surface area contributed by atoms with Gasteiger partial charge in [-0.15, -0.1) is 11.3 Å². The van der Waals surface area contributed by atoms with Crippen LogP contribution in [0.25, 0.3) is 11.3 Å². The van der Waals surface area contributed by atoms with Gasteiger partial charge in [-0.05, 0) is 57.4 Å². The summed E-state index contributed by atoms with van der Waals surface area (Å²) in [7, 11) is 0. The third-order valence-electron chi connectivity index (χ3n) is 5.02. The number of hydrogen-bond acceptors (Lipinski definition) is 7. The second kappa shape index (κ2) is 12.7. The first-order chi connectivity index (χ1) is 17.1. The van der Waals surface area contributed by atoms with Gasteiger partial charge in [0.1, 0.15) is 10.6 Å². The molecule has 0 radical (unpaired) electrons. The first-order valence-corrected chi connectivity index (χ1v) is 13.8. The summed E-state index contributed by atoms with van der Waals surface area (Å²) in [6.45, 7) is 5.32. The molecule has 2 N–H and O–H groups in total. The lowest BCUT2D eigenvalue weighted by molar-refractivity contribution is -0.120. The first-order valence-electron chi connectivity index (χ1n) is 11.6. The molecule has 1 heterocycles. The highest BCUT2D eigenvalue weighted by atomic mass is 32.2. The average molecular weight is 526 g/mol. The molecule has 0 spiro atoms. The predicted molar refractivity (Wildman–Crippen MR) is 147 cm³/mol. The van der Waals surface area contributed by atoms with E-state index < -0.39 is 17.7 Å². The van der Waals surface area contributed by atoms with E-state index in [0.29, 0.717) is 22.7 Å². The molecule has 0 aliphatic heterocycles. The summed E-state index contributed by atoms with van der Waals surface area (Å²) < 4.78 is 5.27. The number of carbonyl (C=O) groups excluding carboxylic acids is 3. The van der Waals surface area contributed by atoms with Crippen LogP contribution in [0.2, 0.25) is 0 Å². The van der Waals surface area contributed by atoms with Crippen LogP contribution in [0.15, 0.2) is 60.0 Å². The van der Waals surface area contributed by atoms with Crippen LogP contribution in [0.4, 0.5) is 10.5 Å². The molecule has 3 rings (SSSR count). The van der Waals surface area contributed by atoms with Gasteiger partial charge in [0.25, 0.3) is 5.91 Å². The maximum Gasteiger partial charge on any atom is 0.412 e. The van der Waals surface area contributed by atoms with E-state index in [9.17, 15) is 14.4 Å². The Hall–Kier alpha value is -3.17. The fourth-order valence-electron chi connectivity index (χ4n) is 3.36. The molecule has 9 heteroatoms. The zero-order valence-corrected chi connectivity index (χ0v) is 22.5. The van der Waals surface area contributed by atoms with Gasteiger partial charge in [-0.25, -0.2) is 9.78 Å². The fraction of sp³-hybridized carbons (Fsp3) is 0.333. The maximum atomic E-state index is 13.1. The summed E-state index contributed by atoms with van der Waals surface area (Å²) in [6.07, 6.45) is 2.02. The molecule has 0 unspecified atom stereocenters. The smallest absolute Gasteiger partial charge is 0.412 e. The molecule has 0 aliphatic rings. The number of thioether (sulfide) groups is 1. The molecule has 0 saturated heterocycles. The van der Waals surface area contributed by atoms with Crippen molar-refractivity contribution in [2.75, 3.05) is 17.3 Å². The lowest BCUT2D eigenvalue weighted by atomic mass is 10.1. The number of nitrogens with zero attached hydrogens (tertiary/aromatic N) is 1. The Balaban J connectivity index is 1.66. The zero-order valence-electron chi connectivity index (χ0n) is 20.9. The monoisotopic (exact) mass is 525 g/mol. The highest BCUT2D eigenvalue weighted by Gasteiger charge is 2.23. The predicted octanol–water partition coefficient (Wildman–Crippen LogP) is 5.82. The van der Waals surface area contributed by atoms with E-state index in [1.807, 2.05) is 42.0 Å². The number of aromatic nitrogens is 1. The number of benzene rings is 2. The Morgan fingerprint density at radius 1 is 1.08 bits per heavy atom. The molecule has 1 atom stereocenters. The zero-order chi connectivity index (χ0) is 26.1. The van der Waals surface area contributed by atoms with Gasteiger partial charge >= 0.3 is 6.09 Å². The van der Waals surface area contributed by atoms with Gasteiger partial charge < -0.3 is 10.1 Å². The second-order valence-corrected chi connectivity index (χ2v) is 11.1. The van der Waals surface area contributed by atoms with Crippen molar-refractivity contribution in [3.63, 3.8) is 0 Å². The number of rotatable bonds is 10. The molecule has 2 aromatic carbocycles. The van der Waals surface area contributed by atoms with Gasteiger partial charge in [0, 0.05) is 22.2 Å². The molecule has 36 heavy (non-hydrogen) atoms. The molecular formula is C27H31N3O4S2. The molecule has 2 amide bonds. The number of thiazole rings is 1. The molecule has 1 aromatic heterocycles. The van der Waals surface area contributed by atoms with E-state index in [4.69, 9.17) is 4.74 Å². The molecule has 0 bridgehead atoms.